The summed E-state index contributed by atoms with van der Waals surface area (Å²) in [5, 5.41) is 0. The fraction of sp³-hybridized carbons (Fsp3) is 0. The van der Waals surface area contributed by atoms with Crippen molar-refractivity contribution in [3.05, 3.63) is 54.6 Å². The second-order valence-corrected chi connectivity index (χ2v) is 3.36. The molecule has 2 rings (SSSR count). The average Bonchev–Trinajstić information content (AvgIpc) is 2.20. The molecule has 1 heteroatoms. The Morgan fingerprint density at radius 3 is 2.00 bits per heavy atom. The summed E-state index contributed by atoms with van der Waals surface area (Å²) in [6.45, 7) is 0. The lowest BCUT2D eigenvalue weighted by Gasteiger charge is -2.03. The zero-order valence-electron chi connectivity index (χ0n) is 7.14. The molecule has 0 atom stereocenters. The molecule has 0 bridgehead atoms. The third-order valence-corrected chi connectivity index (χ3v) is 2.38. The summed E-state index contributed by atoms with van der Waals surface area (Å²) in [6, 6.07) is 18.4. The lowest BCUT2D eigenvalue weighted by molar-refractivity contribution is 1.46. The summed E-state index contributed by atoms with van der Waals surface area (Å²) >= 11 is 4.41. The van der Waals surface area contributed by atoms with Crippen molar-refractivity contribution in [2.75, 3.05) is 0 Å². The molecule has 0 unspecified atom stereocenters. The quantitative estimate of drug-likeness (QED) is 0.646. The molecule has 0 saturated carbocycles. The molecule has 0 aromatic heterocycles. The van der Waals surface area contributed by atoms with Crippen LogP contribution in [-0.2, 0) is 0 Å². The molecule has 64 valence electrons. The molecular weight excluding hydrogens is 176 g/mol. The number of thiol groups is 1. The van der Waals surface area contributed by atoms with Gasteiger partial charge in [0.05, 0.1) is 0 Å². The van der Waals surface area contributed by atoms with Crippen LogP contribution < -0.4 is 0 Å². The first-order chi connectivity index (χ1) is 6.38. The molecule has 0 aliphatic rings. The molecule has 0 amide bonds. The van der Waals surface area contributed by atoms with Crippen molar-refractivity contribution in [2.24, 2.45) is 0 Å². The Balaban J connectivity index is 2.54. The van der Waals surface area contributed by atoms with Crippen molar-refractivity contribution in [1.29, 1.82) is 0 Å². The van der Waals surface area contributed by atoms with Crippen LogP contribution in [0.1, 0.15) is 0 Å². The molecule has 0 fully saturated rings. The minimum absolute atomic E-state index is 1.02. The zero-order chi connectivity index (χ0) is 9.10. The van der Waals surface area contributed by atoms with E-state index in [0.717, 1.165) is 4.90 Å². The molecule has 0 spiro atoms. The Morgan fingerprint density at radius 1 is 0.692 bits per heavy atom. The second-order valence-electron chi connectivity index (χ2n) is 2.88. The van der Waals surface area contributed by atoms with E-state index in [1.165, 1.54) is 11.1 Å². The lowest BCUT2D eigenvalue weighted by atomic mass is 10.1. The number of hydrogen-bond donors (Lipinski definition) is 1. The SMILES string of the molecule is Sc1ccccc1-c1ccccc1. The molecule has 0 aliphatic heterocycles. The largest absolute Gasteiger partial charge is 0.143 e. The Bertz CT molecular complexity index is 393. The van der Waals surface area contributed by atoms with E-state index in [1.807, 2.05) is 36.4 Å². The highest BCUT2D eigenvalue weighted by Gasteiger charge is 1.98. The Kier molecular flexibility index (Phi) is 2.37. The van der Waals surface area contributed by atoms with E-state index in [1.54, 1.807) is 0 Å². The molecule has 0 radical (unpaired) electrons. The fourth-order valence-electron chi connectivity index (χ4n) is 1.34. The van der Waals surface area contributed by atoms with Gasteiger partial charge in [-0.05, 0) is 17.2 Å². The van der Waals surface area contributed by atoms with Crippen LogP contribution in [0.5, 0.6) is 0 Å². The van der Waals surface area contributed by atoms with E-state index in [-0.39, 0.29) is 0 Å². The molecule has 0 saturated heterocycles. The number of benzene rings is 2. The van der Waals surface area contributed by atoms with Crippen molar-refractivity contribution in [3.8, 4) is 11.1 Å². The van der Waals surface area contributed by atoms with Gasteiger partial charge in [0.2, 0.25) is 0 Å². The molecule has 13 heavy (non-hydrogen) atoms. The first kappa shape index (κ1) is 8.39. The zero-order valence-corrected chi connectivity index (χ0v) is 8.04. The van der Waals surface area contributed by atoms with E-state index < -0.39 is 0 Å². The van der Waals surface area contributed by atoms with Gasteiger partial charge in [0.15, 0.2) is 0 Å². The lowest BCUT2D eigenvalue weighted by Crippen LogP contribution is -1.77. The minimum Gasteiger partial charge on any atom is -0.143 e. The fourth-order valence-corrected chi connectivity index (χ4v) is 1.63. The van der Waals surface area contributed by atoms with Gasteiger partial charge in [-0.15, -0.1) is 12.6 Å². The molecule has 0 nitrogen and oxygen atoms in total. The van der Waals surface area contributed by atoms with Gasteiger partial charge in [0, 0.05) is 4.90 Å². The Morgan fingerprint density at radius 2 is 1.31 bits per heavy atom. The van der Waals surface area contributed by atoms with Crippen LogP contribution in [0.2, 0.25) is 0 Å². The predicted octanol–water partition coefficient (Wildman–Crippen LogP) is 3.64. The maximum absolute atomic E-state index is 4.41. The van der Waals surface area contributed by atoms with Crippen LogP contribution in [0, 0.1) is 0 Å². The van der Waals surface area contributed by atoms with E-state index in [2.05, 4.69) is 30.8 Å². The first-order valence-corrected chi connectivity index (χ1v) is 4.66. The highest BCUT2D eigenvalue weighted by Crippen LogP contribution is 2.25. The van der Waals surface area contributed by atoms with E-state index in [0.29, 0.717) is 0 Å². The van der Waals surface area contributed by atoms with Gasteiger partial charge in [0.25, 0.3) is 0 Å². The number of rotatable bonds is 1. The summed E-state index contributed by atoms with van der Waals surface area (Å²) in [4.78, 5) is 1.02. The number of hydrogen-bond acceptors (Lipinski definition) is 1. The molecular formula is C12H10S. The van der Waals surface area contributed by atoms with Crippen LogP contribution in [0.3, 0.4) is 0 Å². The standard InChI is InChI=1S/C12H10S/c13-12-9-5-4-8-11(12)10-6-2-1-3-7-10/h1-9,13H. The van der Waals surface area contributed by atoms with Crippen LogP contribution in [0.4, 0.5) is 0 Å². The van der Waals surface area contributed by atoms with Gasteiger partial charge in [-0.1, -0.05) is 48.5 Å². The van der Waals surface area contributed by atoms with Crippen LogP contribution >= 0.6 is 12.6 Å². The van der Waals surface area contributed by atoms with Crippen LogP contribution in [0.15, 0.2) is 59.5 Å². The summed E-state index contributed by atoms with van der Waals surface area (Å²) in [6.07, 6.45) is 0. The van der Waals surface area contributed by atoms with Crippen molar-refractivity contribution >= 4 is 12.6 Å². The maximum atomic E-state index is 4.41. The third kappa shape index (κ3) is 1.76. The normalized spacial score (nSPS) is 9.92. The topological polar surface area (TPSA) is 0 Å². The Hall–Kier alpha value is -1.21. The van der Waals surface area contributed by atoms with Crippen LogP contribution in [0.25, 0.3) is 11.1 Å². The molecule has 0 N–H and O–H groups in total. The molecule has 2 aromatic rings. The molecule has 0 aliphatic carbocycles. The summed E-state index contributed by atoms with van der Waals surface area (Å²) < 4.78 is 0. The van der Waals surface area contributed by atoms with E-state index in [4.69, 9.17) is 0 Å². The maximum Gasteiger partial charge on any atom is 0.0119 e. The average molecular weight is 186 g/mol. The third-order valence-electron chi connectivity index (χ3n) is 1.99. The molecule has 2 aromatic carbocycles. The van der Waals surface area contributed by atoms with Gasteiger partial charge in [-0.3, -0.25) is 0 Å². The summed E-state index contributed by atoms with van der Waals surface area (Å²) in [5.74, 6) is 0. The van der Waals surface area contributed by atoms with E-state index >= 15 is 0 Å². The smallest absolute Gasteiger partial charge is 0.0119 e. The highest BCUT2D eigenvalue weighted by atomic mass is 32.1. The second kappa shape index (κ2) is 3.67. The van der Waals surface area contributed by atoms with E-state index in [9.17, 15) is 0 Å². The van der Waals surface area contributed by atoms with Gasteiger partial charge in [-0.2, -0.15) is 0 Å². The monoisotopic (exact) mass is 186 g/mol. The predicted molar refractivity (Wildman–Crippen MR) is 59.1 cm³/mol. The van der Waals surface area contributed by atoms with Gasteiger partial charge < -0.3 is 0 Å². The summed E-state index contributed by atoms with van der Waals surface area (Å²) in [7, 11) is 0. The Labute approximate surface area is 83.6 Å². The molecule has 0 heterocycles. The van der Waals surface area contributed by atoms with Gasteiger partial charge in [0.1, 0.15) is 0 Å². The highest BCUT2D eigenvalue weighted by molar-refractivity contribution is 7.80. The van der Waals surface area contributed by atoms with Crippen molar-refractivity contribution in [3.63, 3.8) is 0 Å². The first-order valence-electron chi connectivity index (χ1n) is 4.21. The van der Waals surface area contributed by atoms with Gasteiger partial charge >= 0.3 is 0 Å². The van der Waals surface area contributed by atoms with Crippen molar-refractivity contribution in [1.82, 2.24) is 0 Å². The van der Waals surface area contributed by atoms with Crippen molar-refractivity contribution < 1.29 is 0 Å². The minimum atomic E-state index is 1.02. The van der Waals surface area contributed by atoms with Gasteiger partial charge in [-0.25, -0.2) is 0 Å². The van der Waals surface area contributed by atoms with Crippen LogP contribution in [-0.4, -0.2) is 0 Å². The summed E-state index contributed by atoms with van der Waals surface area (Å²) in [5.41, 5.74) is 2.40. The van der Waals surface area contributed by atoms with Crippen molar-refractivity contribution in [2.45, 2.75) is 4.90 Å².